The van der Waals surface area contributed by atoms with E-state index >= 15 is 0 Å². The molecule has 0 fully saturated rings. The highest BCUT2D eigenvalue weighted by atomic mass is 35.5. The van der Waals surface area contributed by atoms with Crippen LogP contribution in [0.3, 0.4) is 0 Å². The van der Waals surface area contributed by atoms with E-state index in [2.05, 4.69) is 17.2 Å². The quantitative estimate of drug-likeness (QED) is 0.521. The predicted octanol–water partition coefficient (Wildman–Crippen LogP) is 1.32. The molecule has 0 aliphatic carbocycles. The first-order chi connectivity index (χ1) is 4.98. The van der Waals surface area contributed by atoms with Crippen molar-refractivity contribution in [3.63, 3.8) is 0 Å². The second-order valence-electron chi connectivity index (χ2n) is 2.00. The number of halogens is 2. The predicted molar refractivity (Wildman–Crippen MR) is 46.6 cm³/mol. The fourth-order valence-electron chi connectivity index (χ4n) is 0.368. The van der Waals surface area contributed by atoms with Gasteiger partial charge in [0.15, 0.2) is 4.33 Å². The number of hydrogen-bond acceptors (Lipinski definition) is 1. The number of amides is 1. The molecular formula is C7H9Cl2NO. The maximum atomic E-state index is 10.9. The summed E-state index contributed by atoms with van der Waals surface area (Å²) in [6, 6.07) is 0. The van der Waals surface area contributed by atoms with Crippen molar-refractivity contribution in [2.75, 3.05) is 6.54 Å². The van der Waals surface area contributed by atoms with E-state index in [0.717, 1.165) is 0 Å². The smallest absolute Gasteiger partial charge is 0.256 e. The van der Waals surface area contributed by atoms with Gasteiger partial charge in [-0.3, -0.25) is 4.79 Å². The van der Waals surface area contributed by atoms with E-state index in [1.807, 2.05) is 0 Å². The Balaban J connectivity index is 3.77. The van der Waals surface area contributed by atoms with Gasteiger partial charge in [0.05, 0.1) is 6.54 Å². The Morgan fingerprint density at radius 1 is 1.64 bits per heavy atom. The molecule has 0 saturated carbocycles. The maximum absolute atomic E-state index is 10.9. The van der Waals surface area contributed by atoms with Crippen molar-refractivity contribution in [1.29, 1.82) is 0 Å². The summed E-state index contributed by atoms with van der Waals surface area (Å²) >= 11 is 10.9. The molecule has 2 nitrogen and oxygen atoms in total. The Kier molecular flexibility index (Phi) is 4.32. The van der Waals surface area contributed by atoms with Crippen LogP contribution in [0.2, 0.25) is 0 Å². The van der Waals surface area contributed by atoms with E-state index in [4.69, 9.17) is 23.2 Å². The number of nitrogens with one attached hydrogen (secondary N) is 1. The van der Waals surface area contributed by atoms with Gasteiger partial charge in [-0.15, -0.1) is 5.92 Å². The van der Waals surface area contributed by atoms with Gasteiger partial charge in [0.25, 0.3) is 5.91 Å². The Labute approximate surface area is 76.2 Å². The summed E-state index contributed by atoms with van der Waals surface area (Å²) in [5.74, 6) is 4.85. The van der Waals surface area contributed by atoms with E-state index < -0.39 is 10.2 Å². The highest BCUT2D eigenvalue weighted by molar-refractivity contribution is 6.57. The first-order valence-corrected chi connectivity index (χ1v) is 3.80. The Hall–Kier alpha value is -0.390. The monoisotopic (exact) mass is 193 g/mol. The minimum Gasteiger partial charge on any atom is -0.343 e. The van der Waals surface area contributed by atoms with Gasteiger partial charge < -0.3 is 5.32 Å². The zero-order valence-electron chi connectivity index (χ0n) is 6.37. The van der Waals surface area contributed by atoms with Crippen molar-refractivity contribution < 1.29 is 4.79 Å². The lowest BCUT2D eigenvalue weighted by Crippen LogP contribution is -2.36. The Bertz CT molecular complexity index is 197. The lowest BCUT2D eigenvalue weighted by atomic mass is 10.4. The van der Waals surface area contributed by atoms with Gasteiger partial charge in [0, 0.05) is 0 Å². The molecule has 0 unspecified atom stereocenters. The molecule has 1 amide bonds. The number of hydrogen-bond donors (Lipinski definition) is 1. The normalized spacial score (nSPS) is 9.82. The van der Waals surface area contributed by atoms with Crippen LogP contribution in [0.25, 0.3) is 0 Å². The van der Waals surface area contributed by atoms with Crippen LogP contribution in [-0.2, 0) is 4.79 Å². The van der Waals surface area contributed by atoms with Gasteiger partial charge in [-0.25, -0.2) is 0 Å². The molecule has 11 heavy (non-hydrogen) atoms. The first-order valence-electron chi connectivity index (χ1n) is 3.04. The van der Waals surface area contributed by atoms with Gasteiger partial charge in [-0.05, 0) is 13.8 Å². The van der Waals surface area contributed by atoms with Crippen LogP contribution in [0.1, 0.15) is 13.8 Å². The molecule has 0 atom stereocenters. The second kappa shape index (κ2) is 4.48. The molecule has 0 aliphatic rings. The lowest BCUT2D eigenvalue weighted by molar-refractivity contribution is -0.121. The summed E-state index contributed by atoms with van der Waals surface area (Å²) in [7, 11) is 0. The molecule has 62 valence electrons. The third-order valence-corrected chi connectivity index (χ3v) is 1.26. The third-order valence-electron chi connectivity index (χ3n) is 0.913. The van der Waals surface area contributed by atoms with Crippen LogP contribution in [0.4, 0.5) is 0 Å². The molecule has 4 heteroatoms. The van der Waals surface area contributed by atoms with Crippen LogP contribution in [0.15, 0.2) is 0 Å². The number of rotatable bonds is 2. The fourth-order valence-corrected chi connectivity index (χ4v) is 0.502. The minimum atomic E-state index is -1.37. The standard InChI is InChI=1S/C7H9Cl2NO/c1-3-4-5-10-6(11)7(2,8)9/h5H2,1-2H3,(H,10,11). The summed E-state index contributed by atoms with van der Waals surface area (Å²) in [5.41, 5.74) is 0. The molecule has 0 rings (SSSR count). The molecule has 0 aromatic carbocycles. The van der Waals surface area contributed by atoms with E-state index in [1.165, 1.54) is 6.92 Å². The van der Waals surface area contributed by atoms with Gasteiger partial charge >= 0.3 is 0 Å². The second-order valence-corrected chi connectivity index (χ2v) is 3.70. The molecule has 0 spiro atoms. The van der Waals surface area contributed by atoms with Crippen LogP contribution >= 0.6 is 23.2 Å². The number of alkyl halides is 2. The van der Waals surface area contributed by atoms with Crippen LogP contribution in [0, 0.1) is 11.8 Å². The van der Waals surface area contributed by atoms with Crippen LogP contribution in [-0.4, -0.2) is 16.8 Å². The highest BCUT2D eigenvalue weighted by Gasteiger charge is 2.26. The van der Waals surface area contributed by atoms with Crippen molar-refractivity contribution in [2.45, 2.75) is 18.2 Å². The summed E-state index contributed by atoms with van der Waals surface area (Å²) in [6.07, 6.45) is 0. The van der Waals surface area contributed by atoms with Crippen molar-refractivity contribution in [3.05, 3.63) is 0 Å². The van der Waals surface area contributed by atoms with Crippen molar-refractivity contribution in [1.82, 2.24) is 5.32 Å². The Morgan fingerprint density at radius 3 is 2.55 bits per heavy atom. The Morgan fingerprint density at radius 2 is 2.18 bits per heavy atom. The van der Waals surface area contributed by atoms with E-state index in [9.17, 15) is 4.79 Å². The average molecular weight is 194 g/mol. The van der Waals surface area contributed by atoms with E-state index in [-0.39, 0.29) is 6.54 Å². The highest BCUT2D eigenvalue weighted by Crippen LogP contribution is 2.18. The summed E-state index contributed by atoms with van der Waals surface area (Å²) in [4.78, 5) is 10.9. The topological polar surface area (TPSA) is 29.1 Å². The summed E-state index contributed by atoms with van der Waals surface area (Å²) in [5, 5.41) is 2.45. The average Bonchev–Trinajstić information content (AvgIpc) is 1.86. The molecular weight excluding hydrogens is 185 g/mol. The molecule has 0 aliphatic heterocycles. The van der Waals surface area contributed by atoms with Gasteiger partial charge in [-0.2, -0.15) is 0 Å². The SMILES string of the molecule is CC#CCNC(=O)C(C)(Cl)Cl. The van der Waals surface area contributed by atoms with Gasteiger partial charge in [-0.1, -0.05) is 29.1 Å². The number of carbonyl (C=O) groups is 1. The molecule has 0 bridgehead atoms. The summed E-state index contributed by atoms with van der Waals surface area (Å²) in [6.45, 7) is 3.38. The molecule has 0 aromatic heterocycles. The zero-order valence-corrected chi connectivity index (χ0v) is 7.88. The van der Waals surface area contributed by atoms with Gasteiger partial charge in [0.1, 0.15) is 0 Å². The zero-order chi connectivity index (χ0) is 8.91. The largest absolute Gasteiger partial charge is 0.343 e. The minimum absolute atomic E-state index is 0.282. The van der Waals surface area contributed by atoms with Gasteiger partial charge in [0.2, 0.25) is 0 Å². The summed E-state index contributed by atoms with van der Waals surface area (Å²) < 4.78 is -1.37. The molecule has 0 aromatic rings. The number of carbonyl (C=O) groups excluding carboxylic acids is 1. The maximum Gasteiger partial charge on any atom is 0.256 e. The van der Waals surface area contributed by atoms with E-state index in [0.29, 0.717) is 0 Å². The van der Waals surface area contributed by atoms with Crippen LogP contribution < -0.4 is 5.32 Å². The third kappa shape index (κ3) is 4.94. The van der Waals surface area contributed by atoms with Crippen molar-refractivity contribution >= 4 is 29.1 Å². The molecule has 0 heterocycles. The molecule has 0 radical (unpaired) electrons. The lowest BCUT2D eigenvalue weighted by Gasteiger charge is -2.10. The van der Waals surface area contributed by atoms with Crippen molar-refractivity contribution in [3.8, 4) is 11.8 Å². The van der Waals surface area contributed by atoms with E-state index in [1.54, 1.807) is 6.92 Å². The molecule has 1 N–H and O–H groups in total. The van der Waals surface area contributed by atoms with Crippen molar-refractivity contribution in [2.24, 2.45) is 0 Å². The van der Waals surface area contributed by atoms with Crippen LogP contribution in [0.5, 0.6) is 0 Å². The first kappa shape index (κ1) is 10.6. The fraction of sp³-hybridized carbons (Fsp3) is 0.571. The molecule has 0 saturated heterocycles.